The number of rotatable bonds is 4. The molecule has 1 atom stereocenters. The molecule has 0 bridgehead atoms. The van der Waals surface area contributed by atoms with Gasteiger partial charge in [-0.3, -0.25) is 14.5 Å². The Balaban J connectivity index is 1.70. The quantitative estimate of drug-likeness (QED) is 0.367. The van der Waals surface area contributed by atoms with Crippen molar-refractivity contribution in [3.8, 4) is 17.2 Å². The Morgan fingerprint density at radius 3 is 2.52 bits per heavy atom. The monoisotopic (exact) mass is 447 g/mol. The van der Waals surface area contributed by atoms with E-state index in [1.54, 1.807) is 61.5 Å². The Hall–Kier alpha value is -4.20. The number of aryl methyl sites for hydroxylation is 1. The number of hydrogen-bond donors (Lipinski definition) is 1. The number of aliphatic hydroxyl groups is 1. The van der Waals surface area contributed by atoms with Crippen molar-refractivity contribution in [2.24, 2.45) is 0 Å². The number of benzene rings is 2. The number of methoxy groups -OCH3 is 1. The van der Waals surface area contributed by atoms with Crippen molar-refractivity contribution in [2.75, 3.05) is 25.2 Å². The Kier molecular flexibility index (Phi) is 5.05. The van der Waals surface area contributed by atoms with Crippen LogP contribution >= 0.6 is 0 Å². The molecule has 2 aliphatic rings. The highest BCUT2D eigenvalue weighted by Gasteiger charge is 2.49. The number of Topliss-reactive ketones (excluding diaryl/α,β-unsaturated/α-hetero) is 1. The molecule has 2 aliphatic heterocycles. The number of anilines is 1. The number of ketones is 1. The van der Waals surface area contributed by atoms with Crippen molar-refractivity contribution < 1.29 is 33.3 Å². The van der Waals surface area contributed by atoms with Crippen LogP contribution in [0, 0.1) is 6.92 Å². The second kappa shape index (κ2) is 8.05. The van der Waals surface area contributed by atoms with Gasteiger partial charge in [0, 0.05) is 5.56 Å². The van der Waals surface area contributed by atoms with Crippen molar-refractivity contribution in [3.05, 3.63) is 77.3 Å². The van der Waals surface area contributed by atoms with Crippen LogP contribution in [0.3, 0.4) is 0 Å². The molecular weight excluding hydrogens is 426 g/mol. The number of aliphatic hydroxyl groups excluding tert-OH is 1. The zero-order valence-corrected chi connectivity index (χ0v) is 18.0. The van der Waals surface area contributed by atoms with Crippen LogP contribution in [0.4, 0.5) is 5.69 Å². The summed E-state index contributed by atoms with van der Waals surface area (Å²) in [5, 5.41) is 11.3. The largest absolute Gasteiger partial charge is 0.507 e. The van der Waals surface area contributed by atoms with Gasteiger partial charge in [-0.15, -0.1) is 0 Å². The van der Waals surface area contributed by atoms with E-state index < -0.39 is 17.7 Å². The fourth-order valence-corrected chi connectivity index (χ4v) is 4.13. The van der Waals surface area contributed by atoms with Gasteiger partial charge in [-0.1, -0.05) is 12.1 Å². The van der Waals surface area contributed by atoms with Crippen LogP contribution in [-0.2, 0) is 9.59 Å². The smallest absolute Gasteiger partial charge is 0.300 e. The van der Waals surface area contributed by atoms with Gasteiger partial charge >= 0.3 is 0 Å². The molecule has 1 fully saturated rings. The van der Waals surface area contributed by atoms with Gasteiger partial charge in [-0.05, 0) is 49.4 Å². The Morgan fingerprint density at radius 1 is 1.03 bits per heavy atom. The molecule has 1 N–H and O–H groups in total. The third kappa shape index (κ3) is 3.40. The van der Waals surface area contributed by atoms with Gasteiger partial charge in [0.05, 0.1) is 18.4 Å². The number of para-hydroxylation sites is 2. The predicted octanol–water partition coefficient (Wildman–Crippen LogP) is 3.99. The summed E-state index contributed by atoms with van der Waals surface area (Å²) in [6, 6.07) is 14.2. The van der Waals surface area contributed by atoms with Crippen LogP contribution < -0.4 is 19.1 Å². The van der Waals surface area contributed by atoms with Gasteiger partial charge < -0.3 is 23.7 Å². The fourth-order valence-electron chi connectivity index (χ4n) is 4.13. The highest BCUT2D eigenvalue weighted by Crippen LogP contribution is 2.45. The van der Waals surface area contributed by atoms with Gasteiger partial charge in [0.1, 0.15) is 42.3 Å². The number of ether oxygens (including phenoxy) is 3. The summed E-state index contributed by atoms with van der Waals surface area (Å²) in [6.07, 6.45) is 0. The first-order chi connectivity index (χ1) is 16.0. The van der Waals surface area contributed by atoms with E-state index in [9.17, 15) is 14.7 Å². The van der Waals surface area contributed by atoms with Gasteiger partial charge in [-0.25, -0.2) is 0 Å². The summed E-state index contributed by atoms with van der Waals surface area (Å²) in [4.78, 5) is 27.8. The van der Waals surface area contributed by atoms with Gasteiger partial charge in [0.25, 0.3) is 11.7 Å². The Bertz CT molecular complexity index is 1290. The second-order valence-corrected chi connectivity index (χ2v) is 7.65. The van der Waals surface area contributed by atoms with Gasteiger partial charge in [-0.2, -0.15) is 0 Å². The topological polar surface area (TPSA) is 98.4 Å². The first kappa shape index (κ1) is 20.7. The summed E-state index contributed by atoms with van der Waals surface area (Å²) < 4.78 is 22.4. The number of fused-ring (bicyclic) bond motifs is 1. The minimum Gasteiger partial charge on any atom is -0.507 e. The van der Waals surface area contributed by atoms with Gasteiger partial charge in [0.2, 0.25) is 0 Å². The predicted molar refractivity (Wildman–Crippen MR) is 119 cm³/mol. The molecule has 1 unspecified atom stereocenters. The number of hydrogen-bond acceptors (Lipinski definition) is 7. The Morgan fingerprint density at radius 2 is 1.79 bits per heavy atom. The number of carbonyl (C=O) groups is 2. The maximum Gasteiger partial charge on any atom is 0.300 e. The number of carbonyl (C=O) groups excluding carboxylic acids is 2. The minimum atomic E-state index is -0.983. The zero-order valence-electron chi connectivity index (χ0n) is 18.0. The van der Waals surface area contributed by atoms with E-state index in [4.69, 9.17) is 18.6 Å². The minimum absolute atomic E-state index is 0.0862. The molecule has 168 valence electrons. The lowest BCUT2D eigenvalue weighted by Crippen LogP contribution is -2.29. The molecule has 0 saturated carbocycles. The van der Waals surface area contributed by atoms with Crippen molar-refractivity contribution in [1.29, 1.82) is 0 Å². The molecule has 5 rings (SSSR count). The lowest BCUT2D eigenvalue weighted by Gasteiger charge is -2.25. The lowest BCUT2D eigenvalue weighted by molar-refractivity contribution is -0.132. The fraction of sp³-hybridized carbons (Fsp3) is 0.200. The van der Waals surface area contributed by atoms with Crippen LogP contribution in [0.2, 0.25) is 0 Å². The van der Waals surface area contributed by atoms with Crippen LogP contribution in [0.15, 0.2) is 64.6 Å². The van der Waals surface area contributed by atoms with E-state index in [1.165, 1.54) is 12.0 Å². The van der Waals surface area contributed by atoms with E-state index in [-0.39, 0.29) is 11.3 Å². The third-order valence-corrected chi connectivity index (χ3v) is 5.64. The average molecular weight is 447 g/mol. The highest BCUT2D eigenvalue weighted by molar-refractivity contribution is 6.51. The maximum absolute atomic E-state index is 13.2. The summed E-state index contributed by atoms with van der Waals surface area (Å²) in [5.41, 5.74) is 0.630. The van der Waals surface area contributed by atoms with Crippen LogP contribution in [-0.4, -0.2) is 37.1 Å². The van der Waals surface area contributed by atoms with E-state index in [0.717, 1.165) is 0 Å². The van der Waals surface area contributed by atoms with E-state index >= 15 is 0 Å². The molecule has 8 heteroatoms. The summed E-state index contributed by atoms with van der Waals surface area (Å²) in [7, 11) is 1.48. The highest BCUT2D eigenvalue weighted by atomic mass is 16.6. The zero-order chi connectivity index (χ0) is 23.1. The van der Waals surface area contributed by atoms with E-state index in [0.29, 0.717) is 53.2 Å². The SMILES string of the molecule is COc1ccccc1N1C(=O)C(=O)/C(=C(\O)c2ccc3c(c2)OCCO3)C1c1ccc(C)o1. The van der Waals surface area contributed by atoms with Crippen molar-refractivity contribution in [3.63, 3.8) is 0 Å². The van der Waals surface area contributed by atoms with E-state index in [2.05, 4.69) is 0 Å². The summed E-state index contributed by atoms with van der Waals surface area (Å²) >= 11 is 0. The number of nitrogens with zero attached hydrogens (tertiary/aromatic N) is 1. The first-order valence-corrected chi connectivity index (χ1v) is 10.4. The molecule has 3 heterocycles. The molecule has 3 aromatic rings. The molecule has 0 spiro atoms. The molecule has 1 aromatic heterocycles. The second-order valence-electron chi connectivity index (χ2n) is 7.65. The molecule has 2 aromatic carbocycles. The summed E-state index contributed by atoms with van der Waals surface area (Å²) in [6.45, 7) is 2.57. The molecule has 0 aliphatic carbocycles. The number of amides is 1. The van der Waals surface area contributed by atoms with Gasteiger partial charge in [0.15, 0.2) is 11.5 Å². The summed E-state index contributed by atoms with van der Waals surface area (Å²) in [5.74, 6) is 0.408. The molecular formula is C25H21NO7. The molecule has 0 radical (unpaired) electrons. The van der Waals surface area contributed by atoms with Crippen molar-refractivity contribution in [2.45, 2.75) is 13.0 Å². The van der Waals surface area contributed by atoms with Crippen molar-refractivity contribution in [1.82, 2.24) is 0 Å². The van der Waals surface area contributed by atoms with Crippen molar-refractivity contribution >= 4 is 23.1 Å². The third-order valence-electron chi connectivity index (χ3n) is 5.64. The molecule has 1 amide bonds. The van der Waals surface area contributed by atoms with Crippen LogP contribution in [0.5, 0.6) is 17.2 Å². The lowest BCUT2D eigenvalue weighted by atomic mass is 9.99. The standard InChI is InChI=1S/C25H21NO7/c1-14-7-9-19(33-14)22-21(23(27)15-8-10-18-20(13-15)32-12-11-31-18)24(28)25(29)26(22)16-5-3-4-6-17(16)30-2/h3-10,13,22,27H,11-12H2,1-2H3/b23-21-. The number of furan rings is 1. The van der Waals surface area contributed by atoms with Crippen LogP contribution in [0.25, 0.3) is 5.76 Å². The Labute approximate surface area is 189 Å². The van der Waals surface area contributed by atoms with E-state index in [1.807, 2.05) is 0 Å². The van der Waals surface area contributed by atoms with Crippen LogP contribution in [0.1, 0.15) is 23.1 Å². The normalized spacial score (nSPS) is 19.1. The average Bonchev–Trinajstić information content (AvgIpc) is 3.38. The molecule has 33 heavy (non-hydrogen) atoms. The molecule has 1 saturated heterocycles. The maximum atomic E-state index is 13.2. The molecule has 8 nitrogen and oxygen atoms in total. The first-order valence-electron chi connectivity index (χ1n) is 10.4.